The van der Waals surface area contributed by atoms with E-state index >= 15 is 0 Å². The van der Waals surface area contributed by atoms with Gasteiger partial charge in [0.25, 0.3) is 0 Å². The van der Waals surface area contributed by atoms with Gasteiger partial charge in [0, 0.05) is 0 Å². The molecule has 0 aliphatic heterocycles. The second-order valence-electron chi connectivity index (χ2n) is 2.32. The fourth-order valence-corrected chi connectivity index (χ4v) is 1.29. The minimum atomic E-state index is -5.21. The van der Waals surface area contributed by atoms with Crippen molar-refractivity contribution in [3.8, 4) is 0 Å². The van der Waals surface area contributed by atoms with Crippen molar-refractivity contribution in [1.82, 2.24) is 0 Å². The number of halogens is 4. The molecule has 0 spiro atoms. The fourth-order valence-electron chi connectivity index (χ4n) is 0.761. The lowest BCUT2D eigenvalue weighted by atomic mass is 10.2. The SMILES string of the molecule is Cc1cc(S(F)(F)F)ccc1F. The minimum absolute atomic E-state index is 0.0253. The van der Waals surface area contributed by atoms with E-state index in [9.17, 15) is 16.0 Å². The summed E-state index contributed by atoms with van der Waals surface area (Å²) in [6.07, 6.45) is 0. The molecule has 1 aromatic carbocycles. The van der Waals surface area contributed by atoms with Crippen LogP contribution in [0.5, 0.6) is 0 Å². The summed E-state index contributed by atoms with van der Waals surface area (Å²) in [5.74, 6) is -0.609. The molecule has 0 unspecified atom stereocenters. The van der Waals surface area contributed by atoms with Gasteiger partial charge in [0.05, 0.1) is 4.90 Å². The van der Waals surface area contributed by atoms with E-state index < -0.39 is 21.9 Å². The van der Waals surface area contributed by atoms with Crippen molar-refractivity contribution < 1.29 is 16.0 Å². The number of hydrogen-bond donors (Lipinski definition) is 0. The van der Waals surface area contributed by atoms with E-state index in [0.29, 0.717) is 0 Å². The zero-order valence-corrected chi connectivity index (χ0v) is 6.97. The lowest BCUT2D eigenvalue weighted by Crippen LogP contribution is -1.85. The molecule has 0 aliphatic carbocycles. The van der Waals surface area contributed by atoms with Crippen LogP contribution in [0.4, 0.5) is 16.0 Å². The molecule has 12 heavy (non-hydrogen) atoms. The lowest BCUT2D eigenvalue weighted by Gasteiger charge is -2.10. The van der Waals surface area contributed by atoms with Gasteiger partial charge in [0.1, 0.15) is 5.82 Å². The fraction of sp³-hybridized carbons (Fsp3) is 0.143. The zero-order chi connectivity index (χ0) is 9.35. The Morgan fingerprint density at radius 1 is 1.17 bits per heavy atom. The molecule has 0 nitrogen and oxygen atoms in total. The van der Waals surface area contributed by atoms with Crippen molar-refractivity contribution in [2.24, 2.45) is 0 Å². The van der Waals surface area contributed by atoms with Gasteiger partial charge in [-0.25, -0.2) is 4.39 Å². The second kappa shape index (κ2) is 2.97. The Morgan fingerprint density at radius 2 is 1.75 bits per heavy atom. The maximum absolute atomic E-state index is 12.5. The van der Waals surface area contributed by atoms with E-state index in [1.165, 1.54) is 6.92 Å². The summed E-state index contributed by atoms with van der Waals surface area (Å²) in [6.45, 7) is 1.31. The summed E-state index contributed by atoms with van der Waals surface area (Å²) in [5, 5.41) is 0. The van der Waals surface area contributed by atoms with Crippen molar-refractivity contribution in [2.75, 3.05) is 0 Å². The molecule has 0 aliphatic rings. The average molecular weight is 198 g/mol. The summed E-state index contributed by atoms with van der Waals surface area (Å²) >= 11 is -5.21. The van der Waals surface area contributed by atoms with Crippen molar-refractivity contribution >= 4 is 11.2 Å². The highest BCUT2D eigenvalue weighted by molar-refractivity contribution is 8.20. The summed E-state index contributed by atoms with van der Waals surface area (Å²) in [6, 6.07) is 2.42. The summed E-state index contributed by atoms with van der Waals surface area (Å²) in [7, 11) is 0. The van der Waals surface area contributed by atoms with Gasteiger partial charge in [-0.2, -0.15) is 0 Å². The highest BCUT2D eigenvalue weighted by Gasteiger charge is 2.24. The van der Waals surface area contributed by atoms with Gasteiger partial charge in [-0.15, -0.1) is 11.7 Å². The summed E-state index contributed by atoms with van der Waals surface area (Å²) < 4.78 is 48.7. The Hall–Kier alpha value is -0.710. The monoisotopic (exact) mass is 198 g/mol. The van der Waals surface area contributed by atoms with Gasteiger partial charge in [-0.1, -0.05) is 0 Å². The topological polar surface area (TPSA) is 0 Å². The molecule has 0 radical (unpaired) electrons. The molecule has 68 valence electrons. The largest absolute Gasteiger partial charge is 0.237 e. The van der Waals surface area contributed by atoms with E-state index in [2.05, 4.69) is 0 Å². The Balaban J connectivity index is 3.14. The van der Waals surface area contributed by atoms with Crippen LogP contribution in [0.25, 0.3) is 0 Å². The van der Waals surface area contributed by atoms with Crippen LogP contribution < -0.4 is 0 Å². The van der Waals surface area contributed by atoms with Crippen LogP contribution in [-0.4, -0.2) is 0 Å². The van der Waals surface area contributed by atoms with Crippen LogP contribution >= 0.6 is 11.2 Å². The van der Waals surface area contributed by atoms with Crippen LogP contribution in [0.2, 0.25) is 0 Å². The third-order valence-electron chi connectivity index (χ3n) is 1.40. The predicted molar refractivity (Wildman–Crippen MR) is 40.3 cm³/mol. The quantitative estimate of drug-likeness (QED) is 0.599. The van der Waals surface area contributed by atoms with E-state index in [1.807, 2.05) is 0 Å². The second-order valence-corrected chi connectivity index (χ2v) is 3.60. The number of aryl methyl sites for hydroxylation is 1. The molecular formula is C7H6F4S. The number of benzene rings is 1. The van der Waals surface area contributed by atoms with Crippen LogP contribution in [0, 0.1) is 12.7 Å². The lowest BCUT2D eigenvalue weighted by molar-refractivity contribution is 0.611. The van der Waals surface area contributed by atoms with Crippen LogP contribution in [0.3, 0.4) is 0 Å². The zero-order valence-electron chi connectivity index (χ0n) is 6.15. The number of rotatable bonds is 1. The van der Waals surface area contributed by atoms with Gasteiger partial charge >= 0.3 is 0 Å². The van der Waals surface area contributed by atoms with Crippen molar-refractivity contribution in [1.29, 1.82) is 0 Å². The highest BCUT2D eigenvalue weighted by Crippen LogP contribution is 2.60. The molecule has 0 N–H and O–H groups in total. The normalized spacial score (nSPS) is 13.1. The molecule has 0 heterocycles. The minimum Gasteiger partial charge on any atom is -0.207 e. The van der Waals surface area contributed by atoms with E-state index in [4.69, 9.17) is 0 Å². The van der Waals surface area contributed by atoms with E-state index in [-0.39, 0.29) is 5.56 Å². The first-order valence-corrected chi connectivity index (χ1v) is 4.43. The Morgan fingerprint density at radius 3 is 2.17 bits per heavy atom. The molecule has 0 atom stereocenters. The molecule has 0 saturated carbocycles. The third kappa shape index (κ3) is 1.91. The highest BCUT2D eigenvalue weighted by atomic mass is 32.3. The molecule has 0 saturated heterocycles. The smallest absolute Gasteiger partial charge is 0.207 e. The maximum atomic E-state index is 12.5. The van der Waals surface area contributed by atoms with Gasteiger partial charge in [-0.05, 0) is 30.7 Å². The van der Waals surface area contributed by atoms with Crippen molar-refractivity contribution in [3.05, 3.63) is 29.6 Å². The summed E-state index contributed by atoms with van der Waals surface area (Å²) in [5.41, 5.74) is 0.0253. The molecule has 0 amide bonds. The van der Waals surface area contributed by atoms with E-state index in [1.54, 1.807) is 0 Å². The molecule has 1 aromatic rings. The Labute approximate surface area is 69.4 Å². The van der Waals surface area contributed by atoms with Gasteiger partial charge in [-0.3, -0.25) is 0 Å². The third-order valence-corrected chi connectivity index (χ3v) is 2.19. The van der Waals surface area contributed by atoms with Crippen molar-refractivity contribution in [3.63, 3.8) is 0 Å². The summed E-state index contributed by atoms with van der Waals surface area (Å²) in [4.78, 5) is -0.735. The van der Waals surface area contributed by atoms with Crippen LogP contribution in [-0.2, 0) is 0 Å². The first kappa shape index (κ1) is 9.38. The van der Waals surface area contributed by atoms with E-state index in [0.717, 1.165) is 18.2 Å². The number of hydrogen-bond acceptors (Lipinski definition) is 0. The molecular weight excluding hydrogens is 192 g/mol. The molecule has 5 heteroatoms. The molecule has 1 rings (SSSR count). The Bertz CT molecular complexity index is 292. The van der Waals surface area contributed by atoms with Crippen LogP contribution in [0.1, 0.15) is 5.56 Å². The standard InChI is InChI=1S/C7H6F4S/c1-5-4-6(12(9,10)11)2-3-7(5)8/h2-4H,1H3. The van der Waals surface area contributed by atoms with Gasteiger partial charge < -0.3 is 0 Å². The Kier molecular flexibility index (Phi) is 2.32. The van der Waals surface area contributed by atoms with Gasteiger partial charge in [0.2, 0.25) is 11.2 Å². The molecule has 0 fully saturated rings. The van der Waals surface area contributed by atoms with Crippen LogP contribution in [0.15, 0.2) is 23.1 Å². The van der Waals surface area contributed by atoms with Crippen molar-refractivity contribution in [2.45, 2.75) is 11.8 Å². The maximum Gasteiger partial charge on any atom is 0.237 e. The molecule has 0 bridgehead atoms. The predicted octanol–water partition coefficient (Wildman–Crippen LogP) is 3.95. The first-order valence-electron chi connectivity index (χ1n) is 3.09. The van der Waals surface area contributed by atoms with Gasteiger partial charge in [0.15, 0.2) is 0 Å². The molecule has 0 aromatic heterocycles. The average Bonchev–Trinajstić information content (AvgIpc) is 1.92. The first-order chi connectivity index (χ1) is 5.41.